The molecular formula is C14H21NO6. The second-order valence-electron chi connectivity index (χ2n) is 4.89. The van der Waals surface area contributed by atoms with Gasteiger partial charge in [-0.3, -0.25) is 0 Å². The smallest absolute Gasteiger partial charge is 0.449 e. The summed E-state index contributed by atoms with van der Waals surface area (Å²) >= 11 is 0. The predicted octanol–water partition coefficient (Wildman–Crippen LogP) is 3.64. The van der Waals surface area contributed by atoms with Gasteiger partial charge in [0.25, 0.3) is 0 Å². The first-order chi connectivity index (χ1) is 9.86. The summed E-state index contributed by atoms with van der Waals surface area (Å²) in [6, 6.07) is 0. The number of dihydropyridines is 1. The van der Waals surface area contributed by atoms with E-state index in [0.29, 0.717) is 17.8 Å². The van der Waals surface area contributed by atoms with Crippen LogP contribution < -0.4 is 5.32 Å². The second kappa shape index (κ2) is 7.56. The number of allylic oxidation sites excluding steroid dienone is 2. The van der Waals surface area contributed by atoms with E-state index in [1.165, 1.54) is 0 Å². The highest BCUT2D eigenvalue weighted by Gasteiger charge is 2.33. The molecule has 0 fully saturated rings. The van der Waals surface area contributed by atoms with Gasteiger partial charge in [0.1, 0.15) is 11.5 Å². The van der Waals surface area contributed by atoms with Crippen LogP contribution in [0.2, 0.25) is 0 Å². The third-order valence-corrected chi connectivity index (χ3v) is 3.24. The maximum absolute atomic E-state index is 10.8. The van der Waals surface area contributed by atoms with Gasteiger partial charge in [-0.05, 0) is 20.3 Å². The van der Waals surface area contributed by atoms with E-state index in [1.807, 2.05) is 6.92 Å². The van der Waals surface area contributed by atoms with Crippen molar-refractivity contribution in [3.8, 4) is 0 Å². The molecule has 7 nitrogen and oxygen atoms in total. The highest BCUT2D eigenvalue weighted by atomic mass is 16.7. The standard InChI is InChI=1S/C14H21NO6/c1-4-5-6-7-10-11(20-13(16)17)8(2)15-9(3)12(10)21-14(18)19/h10,15H,4-7H2,1-3H3,(H,16,17)(H,18,19). The van der Waals surface area contributed by atoms with Gasteiger partial charge in [0, 0.05) is 0 Å². The van der Waals surface area contributed by atoms with Crippen LogP contribution in [0.4, 0.5) is 9.59 Å². The molecule has 0 spiro atoms. The molecule has 1 rings (SSSR count). The minimum absolute atomic E-state index is 0.195. The lowest BCUT2D eigenvalue weighted by molar-refractivity contribution is 0.0879. The van der Waals surface area contributed by atoms with Crippen molar-refractivity contribution in [2.75, 3.05) is 0 Å². The van der Waals surface area contributed by atoms with Crippen LogP contribution in [-0.4, -0.2) is 22.5 Å². The molecule has 0 aromatic carbocycles. The minimum Gasteiger partial charge on any atom is -0.449 e. The predicted molar refractivity (Wildman–Crippen MR) is 74.4 cm³/mol. The van der Waals surface area contributed by atoms with Gasteiger partial charge in [0.2, 0.25) is 0 Å². The highest BCUT2D eigenvalue weighted by Crippen LogP contribution is 2.35. The van der Waals surface area contributed by atoms with E-state index in [0.717, 1.165) is 19.3 Å². The average Bonchev–Trinajstić information content (AvgIpc) is 2.37. The van der Waals surface area contributed by atoms with Crippen molar-refractivity contribution in [3.63, 3.8) is 0 Å². The van der Waals surface area contributed by atoms with Gasteiger partial charge in [-0.1, -0.05) is 26.2 Å². The van der Waals surface area contributed by atoms with Gasteiger partial charge in [-0.2, -0.15) is 0 Å². The molecule has 0 atom stereocenters. The summed E-state index contributed by atoms with van der Waals surface area (Å²) in [5.74, 6) is -0.120. The molecule has 118 valence electrons. The molecule has 0 saturated heterocycles. The number of ether oxygens (including phenoxy) is 2. The van der Waals surface area contributed by atoms with Gasteiger partial charge in [-0.15, -0.1) is 0 Å². The van der Waals surface area contributed by atoms with Crippen LogP contribution >= 0.6 is 0 Å². The van der Waals surface area contributed by atoms with Crippen LogP contribution in [0.25, 0.3) is 0 Å². The highest BCUT2D eigenvalue weighted by molar-refractivity contribution is 5.61. The molecule has 7 heteroatoms. The van der Waals surface area contributed by atoms with Crippen molar-refractivity contribution < 1.29 is 29.3 Å². The molecule has 0 saturated carbocycles. The fourth-order valence-electron chi connectivity index (χ4n) is 2.39. The zero-order valence-corrected chi connectivity index (χ0v) is 12.4. The zero-order chi connectivity index (χ0) is 16.0. The number of carbonyl (C=O) groups is 2. The lowest BCUT2D eigenvalue weighted by atomic mass is 9.92. The molecule has 3 N–H and O–H groups in total. The van der Waals surface area contributed by atoms with E-state index in [1.54, 1.807) is 13.8 Å². The molecule has 0 bridgehead atoms. The number of rotatable bonds is 6. The van der Waals surface area contributed by atoms with E-state index >= 15 is 0 Å². The molecule has 0 aromatic heterocycles. The fourth-order valence-corrected chi connectivity index (χ4v) is 2.39. The number of hydrogen-bond donors (Lipinski definition) is 3. The molecule has 1 heterocycles. The Morgan fingerprint density at radius 2 is 1.52 bits per heavy atom. The summed E-state index contributed by atoms with van der Waals surface area (Å²) < 4.78 is 9.67. The van der Waals surface area contributed by atoms with E-state index in [4.69, 9.17) is 19.7 Å². The summed E-state index contributed by atoms with van der Waals surface area (Å²) in [4.78, 5) is 21.7. The maximum Gasteiger partial charge on any atom is 0.511 e. The molecule has 21 heavy (non-hydrogen) atoms. The Bertz CT molecular complexity index is 442. The molecular weight excluding hydrogens is 278 g/mol. The molecule has 0 radical (unpaired) electrons. The topological polar surface area (TPSA) is 105 Å². The monoisotopic (exact) mass is 299 g/mol. The van der Waals surface area contributed by atoms with Crippen molar-refractivity contribution in [1.82, 2.24) is 5.32 Å². The molecule has 0 aromatic rings. The van der Waals surface area contributed by atoms with E-state index in [-0.39, 0.29) is 11.5 Å². The fraction of sp³-hybridized carbons (Fsp3) is 0.571. The second-order valence-corrected chi connectivity index (χ2v) is 4.89. The Balaban J connectivity index is 3.05. The van der Waals surface area contributed by atoms with Gasteiger partial charge >= 0.3 is 12.3 Å². The van der Waals surface area contributed by atoms with Crippen molar-refractivity contribution in [2.24, 2.45) is 5.92 Å². The molecule has 0 unspecified atom stereocenters. The number of hydrogen-bond acceptors (Lipinski definition) is 5. The summed E-state index contributed by atoms with van der Waals surface area (Å²) in [6.07, 6.45) is 0.487. The SMILES string of the molecule is CCCCCC1C(OC(=O)O)=C(C)NC(C)=C1OC(=O)O. The first-order valence-electron chi connectivity index (χ1n) is 6.86. The largest absolute Gasteiger partial charge is 0.511 e. The van der Waals surface area contributed by atoms with Crippen LogP contribution in [0, 0.1) is 5.92 Å². The van der Waals surface area contributed by atoms with Crippen molar-refractivity contribution >= 4 is 12.3 Å². The van der Waals surface area contributed by atoms with Crippen LogP contribution in [0.1, 0.15) is 46.5 Å². The number of nitrogens with one attached hydrogen (secondary N) is 1. The van der Waals surface area contributed by atoms with E-state index in [9.17, 15) is 9.59 Å². The Hall–Kier alpha value is -2.18. The minimum atomic E-state index is -1.43. The lowest BCUT2D eigenvalue weighted by Gasteiger charge is -2.29. The van der Waals surface area contributed by atoms with Crippen molar-refractivity contribution in [1.29, 1.82) is 0 Å². The van der Waals surface area contributed by atoms with Crippen LogP contribution in [0.5, 0.6) is 0 Å². The van der Waals surface area contributed by atoms with Crippen LogP contribution in [0.15, 0.2) is 22.9 Å². The van der Waals surface area contributed by atoms with Gasteiger partial charge in [0.05, 0.1) is 17.3 Å². The summed E-state index contributed by atoms with van der Waals surface area (Å²) in [7, 11) is 0. The Morgan fingerprint density at radius 3 is 1.90 bits per heavy atom. The summed E-state index contributed by atoms with van der Waals surface area (Å²) in [6.45, 7) is 5.42. The number of unbranched alkanes of at least 4 members (excludes halogenated alkanes) is 2. The van der Waals surface area contributed by atoms with E-state index in [2.05, 4.69) is 5.32 Å². The zero-order valence-electron chi connectivity index (χ0n) is 12.4. The van der Waals surface area contributed by atoms with Crippen LogP contribution in [0.3, 0.4) is 0 Å². The summed E-state index contributed by atoms with van der Waals surface area (Å²) in [5, 5.41) is 20.6. The van der Waals surface area contributed by atoms with E-state index < -0.39 is 18.2 Å². The average molecular weight is 299 g/mol. The van der Waals surface area contributed by atoms with Gasteiger partial charge in [-0.25, -0.2) is 9.59 Å². The summed E-state index contributed by atoms with van der Waals surface area (Å²) in [5.41, 5.74) is 1.10. The maximum atomic E-state index is 10.8. The Labute approximate surface area is 123 Å². The van der Waals surface area contributed by atoms with Gasteiger partial charge in [0.15, 0.2) is 0 Å². The normalized spacial score (nSPS) is 15.8. The van der Waals surface area contributed by atoms with Gasteiger partial charge < -0.3 is 25.0 Å². The van der Waals surface area contributed by atoms with Crippen LogP contribution in [-0.2, 0) is 9.47 Å². The first kappa shape index (κ1) is 16.9. The third-order valence-electron chi connectivity index (χ3n) is 3.24. The first-order valence-corrected chi connectivity index (χ1v) is 6.86. The van der Waals surface area contributed by atoms with Crippen molar-refractivity contribution in [2.45, 2.75) is 46.5 Å². The lowest BCUT2D eigenvalue weighted by Crippen LogP contribution is -2.29. The quantitative estimate of drug-likeness (QED) is 0.508. The molecule has 1 aliphatic rings. The molecule has 0 aliphatic carbocycles. The molecule has 0 amide bonds. The molecule has 1 aliphatic heterocycles. The van der Waals surface area contributed by atoms with Crippen molar-refractivity contribution in [3.05, 3.63) is 22.9 Å². The Kier molecular flexibility index (Phi) is 6.08. The third kappa shape index (κ3) is 4.70. The number of carboxylic acid groups (broad SMARTS) is 2. The Morgan fingerprint density at radius 1 is 1.05 bits per heavy atom.